The molecule has 2 aromatic heterocycles. The van der Waals surface area contributed by atoms with Crippen LogP contribution in [0, 0.1) is 6.92 Å². The van der Waals surface area contributed by atoms with Crippen LogP contribution >= 0.6 is 0 Å². The van der Waals surface area contributed by atoms with Crippen LogP contribution in [0.5, 0.6) is 5.88 Å². The van der Waals surface area contributed by atoms with Gasteiger partial charge in [0.05, 0.1) is 17.1 Å². The third-order valence-electron chi connectivity index (χ3n) is 4.89. The fraction of sp³-hybridized carbons (Fsp3) is 0.300. The summed E-state index contributed by atoms with van der Waals surface area (Å²) in [5.74, 6) is 0.496. The van der Waals surface area contributed by atoms with Gasteiger partial charge in [0.1, 0.15) is 18.1 Å². The van der Waals surface area contributed by atoms with Crippen molar-refractivity contribution in [2.45, 2.75) is 13.5 Å². The van der Waals surface area contributed by atoms with E-state index in [1.165, 1.54) is 11.0 Å². The van der Waals surface area contributed by atoms with Crippen molar-refractivity contribution in [3.05, 3.63) is 59.5 Å². The van der Waals surface area contributed by atoms with Gasteiger partial charge in [-0.1, -0.05) is 35.5 Å². The molecule has 1 aromatic carbocycles. The summed E-state index contributed by atoms with van der Waals surface area (Å²) in [7, 11) is -3.06. The van der Waals surface area contributed by atoms with E-state index in [9.17, 15) is 13.2 Å². The van der Waals surface area contributed by atoms with E-state index in [4.69, 9.17) is 9.26 Å². The molecule has 4 rings (SSSR count). The van der Waals surface area contributed by atoms with E-state index < -0.39 is 9.84 Å². The molecule has 3 aromatic rings. The molecule has 0 atom stereocenters. The Morgan fingerprint density at radius 3 is 2.50 bits per heavy atom. The number of carbonyl (C=O) groups is 1. The molecule has 0 aliphatic carbocycles. The van der Waals surface area contributed by atoms with Crippen LogP contribution in [0.25, 0.3) is 11.3 Å². The maximum atomic E-state index is 12.5. The van der Waals surface area contributed by atoms with E-state index >= 15 is 0 Å². The maximum Gasteiger partial charge on any atom is 0.274 e. The van der Waals surface area contributed by atoms with Gasteiger partial charge in [-0.25, -0.2) is 8.42 Å². The summed E-state index contributed by atoms with van der Waals surface area (Å²) in [6.07, 6.45) is 0. The van der Waals surface area contributed by atoms with Crippen LogP contribution in [0.3, 0.4) is 0 Å². The Labute approximate surface area is 173 Å². The first-order valence-corrected chi connectivity index (χ1v) is 11.2. The highest BCUT2D eigenvalue weighted by Crippen LogP contribution is 2.26. The van der Waals surface area contributed by atoms with Crippen LogP contribution in [0.2, 0.25) is 0 Å². The fourth-order valence-corrected chi connectivity index (χ4v) is 4.32. The second-order valence-corrected chi connectivity index (χ2v) is 9.23. The van der Waals surface area contributed by atoms with Gasteiger partial charge in [-0.3, -0.25) is 4.79 Å². The highest BCUT2D eigenvalue weighted by atomic mass is 32.2. The van der Waals surface area contributed by atoms with Gasteiger partial charge in [0, 0.05) is 24.7 Å². The molecule has 0 spiro atoms. The quantitative estimate of drug-likeness (QED) is 0.605. The average molecular weight is 428 g/mol. The van der Waals surface area contributed by atoms with Gasteiger partial charge in [-0.15, -0.1) is 10.2 Å². The molecule has 0 N–H and O–H groups in total. The Bertz CT molecular complexity index is 1130. The van der Waals surface area contributed by atoms with Crippen molar-refractivity contribution in [1.82, 2.24) is 20.3 Å². The summed E-state index contributed by atoms with van der Waals surface area (Å²) in [4.78, 5) is 14.0. The lowest BCUT2D eigenvalue weighted by Crippen LogP contribution is -2.44. The monoisotopic (exact) mass is 428 g/mol. The molecule has 0 saturated carbocycles. The molecule has 3 heterocycles. The zero-order valence-electron chi connectivity index (χ0n) is 16.3. The largest absolute Gasteiger partial charge is 0.472 e. The second kappa shape index (κ2) is 8.23. The van der Waals surface area contributed by atoms with Crippen LogP contribution in [0.1, 0.15) is 21.8 Å². The second-order valence-electron chi connectivity index (χ2n) is 6.92. The summed E-state index contributed by atoms with van der Waals surface area (Å²) in [6.45, 7) is 2.32. The van der Waals surface area contributed by atoms with Crippen molar-refractivity contribution in [3.63, 3.8) is 0 Å². The number of hydrogen-bond donors (Lipinski definition) is 0. The van der Waals surface area contributed by atoms with Crippen molar-refractivity contribution in [3.8, 4) is 17.1 Å². The summed E-state index contributed by atoms with van der Waals surface area (Å²) >= 11 is 0. The zero-order chi connectivity index (χ0) is 21.1. The average Bonchev–Trinajstić information content (AvgIpc) is 3.13. The molecule has 1 fully saturated rings. The van der Waals surface area contributed by atoms with Gasteiger partial charge in [-0.05, 0) is 13.0 Å². The molecule has 0 unspecified atom stereocenters. The lowest BCUT2D eigenvalue weighted by atomic mass is 10.1. The number of benzene rings is 1. The van der Waals surface area contributed by atoms with E-state index in [0.29, 0.717) is 11.5 Å². The molecule has 1 amide bonds. The number of ether oxygens (including phenoxy) is 1. The number of aromatic nitrogens is 3. The van der Waals surface area contributed by atoms with Crippen molar-refractivity contribution in [2.24, 2.45) is 0 Å². The molecule has 10 heteroatoms. The molecule has 30 heavy (non-hydrogen) atoms. The smallest absolute Gasteiger partial charge is 0.274 e. The van der Waals surface area contributed by atoms with Gasteiger partial charge in [0.25, 0.3) is 5.91 Å². The fourth-order valence-electron chi connectivity index (χ4n) is 3.12. The SMILES string of the molecule is Cc1onc(-c2ccccc2)c1COc1ccc(C(=O)N2CCS(=O)(=O)CC2)nn1. The third kappa shape index (κ3) is 4.33. The van der Waals surface area contributed by atoms with E-state index in [0.717, 1.165) is 11.1 Å². The van der Waals surface area contributed by atoms with Crippen LogP contribution in [-0.4, -0.2) is 59.2 Å². The maximum absolute atomic E-state index is 12.5. The van der Waals surface area contributed by atoms with Gasteiger partial charge < -0.3 is 14.2 Å². The number of rotatable bonds is 5. The van der Waals surface area contributed by atoms with E-state index in [1.807, 2.05) is 37.3 Å². The van der Waals surface area contributed by atoms with E-state index in [1.54, 1.807) is 6.07 Å². The van der Waals surface area contributed by atoms with Crippen molar-refractivity contribution >= 4 is 15.7 Å². The van der Waals surface area contributed by atoms with Crippen molar-refractivity contribution in [2.75, 3.05) is 24.6 Å². The Balaban J connectivity index is 1.42. The molecule has 1 aliphatic heterocycles. The summed E-state index contributed by atoms with van der Waals surface area (Å²) < 4.78 is 34.1. The van der Waals surface area contributed by atoms with Crippen molar-refractivity contribution in [1.29, 1.82) is 0 Å². The van der Waals surface area contributed by atoms with Gasteiger partial charge in [-0.2, -0.15) is 0 Å². The third-order valence-corrected chi connectivity index (χ3v) is 6.50. The standard InChI is InChI=1S/C20H20N4O5S/c1-14-16(19(23-29-14)15-5-3-2-4-6-15)13-28-18-8-7-17(21-22-18)20(25)24-9-11-30(26,27)12-10-24/h2-8H,9-13H2,1H3. The van der Waals surface area contributed by atoms with Crippen LogP contribution in [0.4, 0.5) is 0 Å². The van der Waals surface area contributed by atoms with Crippen molar-refractivity contribution < 1.29 is 22.5 Å². The lowest BCUT2D eigenvalue weighted by Gasteiger charge is -2.26. The number of carbonyl (C=O) groups excluding carboxylic acids is 1. The van der Waals surface area contributed by atoms with Crippen LogP contribution in [-0.2, 0) is 16.4 Å². The summed E-state index contributed by atoms with van der Waals surface area (Å²) in [6, 6.07) is 12.7. The molecule has 1 saturated heterocycles. The minimum absolute atomic E-state index is 0.0325. The number of aryl methyl sites for hydroxylation is 1. The number of hydrogen-bond acceptors (Lipinski definition) is 8. The zero-order valence-corrected chi connectivity index (χ0v) is 17.1. The summed E-state index contributed by atoms with van der Waals surface area (Å²) in [5.41, 5.74) is 2.57. The molecule has 1 aliphatic rings. The van der Waals surface area contributed by atoms with E-state index in [-0.39, 0.29) is 48.7 Å². The molecule has 0 bridgehead atoms. The van der Waals surface area contributed by atoms with E-state index in [2.05, 4.69) is 15.4 Å². The lowest BCUT2D eigenvalue weighted by molar-refractivity contribution is 0.0763. The summed E-state index contributed by atoms with van der Waals surface area (Å²) in [5, 5.41) is 12.0. The first-order chi connectivity index (χ1) is 14.4. The number of sulfone groups is 1. The van der Waals surface area contributed by atoms with Gasteiger partial charge in [0.15, 0.2) is 15.5 Å². The molecule has 156 valence electrons. The Kier molecular flexibility index (Phi) is 5.49. The normalized spacial score (nSPS) is 15.7. The van der Waals surface area contributed by atoms with Crippen LogP contribution in [0.15, 0.2) is 47.0 Å². The first kappa shape index (κ1) is 20.0. The first-order valence-electron chi connectivity index (χ1n) is 9.40. The topological polar surface area (TPSA) is 115 Å². The van der Waals surface area contributed by atoms with Crippen LogP contribution < -0.4 is 4.74 Å². The van der Waals surface area contributed by atoms with Gasteiger partial charge in [0.2, 0.25) is 5.88 Å². The predicted molar refractivity (Wildman–Crippen MR) is 108 cm³/mol. The number of nitrogens with zero attached hydrogens (tertiary/aromatic N) is 4. The highest BCUT2D eigenvalue weighted by molar-refractivity contribution is 7.91. The molecular weight excluding hydrogens is 408 g/mol. The molecule has 0 radical (unpaired) electrons. The Morgan fingerprint density at radius 1 is 1.10 bits per heavy atom. The Hall–Kier alpha value is -3.27. The minimum atomic E-state index is -3.06. The molecule has 9 nitrogen and oxygen atoms in total. The highest BCUT2D eigenvalue weighted by Gasteiger charge is 2.26. The van der Waals surface area contributed by atoms with Gasteiger partial charge >= 0.3 is 0 Å². The Morgan fingerprint density at radius 2 is 1.83 bits per heavy atom. The predicted octanol–water partition coefficient (Wildman–Crippen LogP) is 1.89. The molecular formula is C20H20N4O5S. The minimum Gasteiger partial charge on any atom is -0.472 e. The number of amides is 1.